The summed E-state index contributed by atoms with van der Waals surface area (Å²) in [4.78, 5) is 0. The summed E-state index contributed by atoms with van der Waals surface area (Å²) in [7, 11) is 0. The molecule has 0 heterocycles. The van der Waals surface area contributed by atoms with Gasteiger partial charge in [-0.1, -0.05) is 84.3 Å². The Morgan fingerprint density at radius 1 is 1.00 bits per heavy atom. The molecule has 4 atom stereocenters. The number of allylic oxidation sites excluding steroid dienone is 2. The van der Waals surface area contributed by atoms with Crippen LogP contribution in [0.15, 0.2) is 12.2 Å². The molecule has 1 nitrogen and oxygen atoms in total. The van der Waals surface area contributed by atoms with Crippen molar-refractivity contribution >= 4 is 0 Å². The molecule has 2 unspecified atom stereocenters. The summed E-state index contributed by atoms with van der Waals surface area (Å²) in [6.07, 6.45) is 19.2. The Labute approximate surface area is 139 Å². The smallest absolute Gasteiger partial charge is 0.0697 e. The van der Waals surface area contributed by atoms with Gasteiger partial charge in [-0.2, -0.15) is 5.26 Å². The van der Waals surface area contributed by atoms with E-state index in [2.05, 4.69) is 39.0 Å². The lowest BCUT2D eigenvalue weighted by Crippen LogP contribution is -2.13. The fourth-order valence-corrected chi connectivity index (χ4v) is 3.90. The number of nitrogens with zero attached hydrogens (tertiary/aromatic N) is 1. The fraction of sp³-hybridized carbons (Fsp3) is 0.857. The number of rotatable bonds is 11. The van der Waals surface area contributed by atoms with Gasteiger partial charge in [0.05, 0.1) is 12.0 Å². The standard InChI is InChI=1S/C21H37N/c1-4-6-7-10-18(3)21(9-5-2)12-8-11-19-13-15-20(17-22)16-14-19/h13,15,18-21H,4-12,14,16H2,1-3H3/t18?,19-,20?,21+/m1/s1. The molecule has 1 aliphatic rings. The second kappa shape index (κ2) is 11.8. The molecule has 0 bridgehead atoms. The van der Waals surface area contributed by atoms with E-state index in [1.807, 2.05) is 0 Å². The average molecular weight is 304 g/mol. The normalized spacial score (nSPS) is 23.9. The quantitative estimate of drug-likeness (QED) is 0.301. The molecular formula is C21H37N. The zero-order valence-corrected chi connectivity index (χ0v) is 15.2. The molecule has 0 aromatic heterocycles. The summed E-state index contributed by atoms with van der Waals surface area (Å²) >= 11 is 0. The molecule has 0 saturated heterocycles. The Balaban J connectivity index is 2.27. The molecule has 0 spiro atoms. The minimum atomic E-state index is 0.183. The summed E-state index contributed by atoms with van der Waals surface area (Å²) in [6, 6.07) is 2.37. The Hall–Kier alpha value is -0.770. The molecule has 0 saturated carbocycles. The fourth-order valence-electron chi connectivity index (χ4n) is 3.90. The molecular weight excluding hydrogens is 266 g/mol. The van der Waals surface area contributed by atoms with Crippen LogP contribution in [0.2, 0.25) is 0 Å². The minimum Gasteiger partial charge on any atom is -0.198 e. The van der Waals surface area contributed by atoms with Crippen LogP contribution in [0.5, 0.6) is 0 Å². The number of hydrogen-bond acceptors (Lipinski definition) is 1. The first-order chi connectivity index (χ1) is 10.7. The van der Waals surface area contributed by atoms with Gasteiger partial charge in [-0.05, 0) is 37.0 Å². The van der Waals surface area contributed by atoms with E-state index in [-0.39, 0.29) is 5.92 Å². The molecule has 1 rings (SSSR count). The monoisotopic (exact) mass is 303 g/mol. The Morgan fingerprint density at radius 2 is 1.82 bits per heavy atom. The zero-order chi connectivity index (χ0) is 16.2. The highest BCUT2D eigenvalue weighted by molar-refractivity contribution is 5.05. The van der Waals surface area contributed by atoms with E-state index in [9.17, 15) is 0 Å². The topological polar surface area (TPSA) is 23.8 Å². The van der Waals surface area contributed by atoms with E-state index in [0.717, 1.165) is 24.2 Å². The van der Waals surface area contributed by atoms with Gasteiger partial charge >= 0.3 is 0 Å². The maximum atomic E-state index is 8.93. The van der Waals surface area contributed by atoms with Crippen molar-refractivity contribution in [3.05, 3.63) is 12.2 Å². The summed E-state index contributed by atoms with van der Waals surface area (Å²) in [5.74, 6) is 2.75. The van der Waals surface area contributed by atoms with Gasteiger partial charge in [-0.3, -0.25) is 0 Å². The molecule has 0 fully saturated rings. The molecule has 0 N–H and O–H groups in total. The van der Waals surface area contributed by atoms with Crippen molar-refractivity contribution in [3.8, 4) is 6.07 Å². The lowest BCUT2D eigenvalue weighted by atomic mass is 9.80. The van der Waals surface area contributed by atoms with Crippen molar-refractivity contribution < 1.29 is 0 Å². The van der Waals surface area contributed by atoms with Crippen molar-refractivity contribution in [1.82, 2.24) is 0 Å². The predicted octanol–water partition coefficient (Wildman–Crippen LogP) is 6.90. The molecule has 0 aromatic carbocycles. The summed E-state index contributed by atoms with van der Waals surface area (Å²) in [5.41, 5.74) is 0. The van der Waals surface area contributed by atoms with Crippen LogP contribution in [0.4, 0.5) is 0 Å². The third kappa shape index (κ3) is 7.48. The van der Waals surface area contributed by atoms with Gasteiger partial charge in [0, 0.05) is 0 Å². The number of unbranched alkanes of at least 4 members (excludes halogenated alkanes) is 2. The minimum absolute atomic E-state index is 0.183. The van der Waals surface area contributed by atoms with Gasteiger partial charge in [0.15, 0.2) is 0 Å². The van der Waals surface area contributed by atoms with Crippen LogP contribution in [-0.4, -0.2) is 0 Å². The largest absolute Gasteiger partial charge is 0.198 e. The van der Waals surface area contributed by atoms with Crippen LogP contribution < -0.4 is 0 Å². The molecule has 0 aliphatic heterocycles. The van der Waals surface area contributed by atoms with Crippen molar-refractivity contribution in [1.29, 1.82) is 5.26 Å². The molecule has 0 radical (unpaired) electrons. The van der Waals surface area contributed by atoms with E-state index < -0.39 is 0 Å². The van der Waals surface area contributed by atoms with E-state index in [1.54, 1.807) is 0 Å². The van der Waals surface area contributed by atoms with Crippen molar-refractivity contribution in [2.75, 3.05) is 0 Å². The molecule has 1 aliphatic carbocycles. The summed E-state index contributed by atoms with van der Waals surface area (Å²) in [6.45, 7) is 7.11. The molecule has 0 amide bonds. The van der Waals surface area contributed by atoms with E-state index in [0.29, 0.717) is 0 Å². The second-order valence-electron chi connectivity index (χ2n) is 7.41. The van der Waals surface area contributed by atoms with Gasteiger partial charge in [-0.15, -0.1) is 0 Å². The lowest BCUT2D eigenvalue weighted by Gasteiger charge is -2.25. The maximum Gasteiger partial charge on any atom is 0.0697 e. The van der Waals surface area contributed by atoms with Crippen LogP contribution >= 0.6 is 0 Å². The molecule has 126 valence electrons. The van der Waals surface area contributed by atoms with Crippen molar-refractivity contribution in [2.45, 2.75) is 91.4 Å². The molecule has 22 heavy (non-hydrogen) atoms. The first-order valence-electron chi connectivity index (χ1n) is 9.79. The SMILES string of the molecule is CCCCCC(C)[C@@H](CCC)CCC[C@@H]1C=CC(C#N)CC1. The van der Waals surface area contributed by atoms with Crippen LogP contribution in [-0.2, 0) is 0 Å². The van der Waals surface area contributed by atoms with E-state index >= 15 is 0 Å². The van der Waals surface area contributed by atoms with Gasteiger partial charge in [0.1, 0.15) is 0 Å². The third-order valence-electron chi connectivity index (χ3n) is 5.51. The van der Waals surface area contributed by atoms with Crippen molar-refractivity contribution in [3.63, 3.8) is 0 Å². The summed E-state index contributed by atoms with van der Waals surface area (Å²) in [5, 5.41) is 8.93. The molecule has 0 aromatic rings. The highest BCUT2D eigenvalue weighted by Gasteiger charge is 2.18. The van der Waals surface area contributed by atoms with Crippen LogP contribution in [0.3, 0.4) is 0 Å². The Morgan fingerprint density at radius 3 is 2.41 bits per heavy atom. The average Bonchev–Trinajstić information content (AvgIpc) is 2.55. The highest BCUT2D eigenvalue weighted by atomic mass is 14.3. The van der Waals surface area contributed by atoms with Gasteiger partial charge < -0.3 is 0 Å². The predicted molar refractivity (Wildman–Crippen MR) is 96.5 cm³/mol. The Bertz CT molecular complexity index is 338. The zero-order valence-electron chi connectivity index (χ0n) is 15.2. The van der Waals surface area contributed by atoms with Gasteiger partial charge in [0.25, 0.3) is 0 Å². The first kappa shape index (κ1) is 19.3. The van der Waals surface area contributed by atoms with Crippen LogP contribution in [0.25, 0.3) is 0 Å². The van der Waals surface area contributed by atoms with Crippen LogP contribution in [0.1, 0.15) is 91.4 Å². The maximum absolute atomic E-state index is 8.93. The second-order valence-corrected chi connectivity index (χ2v) is 7.41. The van der Waals surface area contributed by atoms with Gasteiger partial charge in [-0.25, -0.2) is 0 Å². The van der Waals surface area contributed by atoms with E-state index in [1.165, 1.54) is 64.2 Å². The highest BCUT2D eigenvalue weighted by Crippen LogP contribution is 2.31. The number of nitriles is 1. The molecule has 1 heteroatoms. The van der Waals surface area contributed by atoms with Gasteiger partial charge in [0.2, 0.25) is 0 Å². The van der Waals surface area contributed by atoms with Crippen molar-refractivity contribution in [2.24, 2.45) is 23.7 Å². The Kier molecular flexibility index (Phi) is 10.3. The number of hydrogen-bond donors (Lipinski definition) is 0. The third-order valence-corrected chi connectivity index (χ3v) is 5.51. The summed E-state index contributed by atoms with van der Waals surface area (Å²) < 4.78 is 0. The van der Waals surface area contributed by atoms with E-state index in [4.69, 9.17) is 5.26 Å². The van der Waals surface area contributed by atoms with Crippen LogP contribution in [0, 0.1) is 35.0 Å². The first-order valence-corrected chi connectivity index (χ1v) is 9.79. The lowest BCUT2D eigenvalue weighted by molar-refractivity contribution is 0.276.